The van der Waals surface area contributed by atoms with Crippen molar-refractivity contribution >= 4 is 17.9 Å². The van der Waals surface area contributed by atoms with Crippen LogP contribution in [-0.2, 0) is 48.0 Å². The van der Waals surface area contributed by atoms with Crippen molar-refractivity contribution in [3.05, 3.63) is 32.7 Å². The first-order chi connectivity index (χ1) is 12.2. The molecule has 0 amide bonds. The van der Waals surface area contributed by atoms with Crippen LogP contribution in [0, 0.1) is 19.3 Å². The molecule has 0 spiro atoms. The molecule has 0 saturated carbocycles. The van der Waals surface area contributed by atoms with Crippen molar-refractivity contribution in [3.8, 4) is 0 Å². The smallest absolute Gasteiger partial charge is 0.326 e. The number of nitrogens with zero attached hydrogens (tertiary/aromatic N) is 1. The van der Waals surface area contributed by atoms with Crippen molar-refractivity contribution in [1.82, 2.24) is 4.57 Å². The van der Waals surface area contributed by atoms with E-state index in [-0.39, 0.29) is 31.6 Å². The Labute approximate surface area is 151 Å². The molecule has 26 heavy (non-hydrogen) atoms. The number of hydrogen-bond acceptors (Lipinski definition) is 7. The molecule has 0 saturated heterocycles. The van der Waals surface area contributed by atoms with Crippen molar-refractivity contribution in [3.63, 3.8) is 0 Å². The number of fused-ring (bicyclic) bond motifs is 1. The lowest BCUT2D eigenvalue weighted by atomic mass is 9.84. The van der Waals surface area contributed by atoms with Crippen molar-refractivity contribution < 1.29 is 28.6 Å². The van der Waals surface area contributed by atoms with Gasteiger partial charge < -0.3 is 18.8 Å². The Balaban J connectivity index is 2.59. The van der Waals surface area contributed by atoms with Crippen LogP contribution in [0.5, 0.6) is 0 Å². The summed E-state index contributed by atoms with van der Waals surface area (Å²) < 4.78 is 15.9. The number of ether oxygens (including phenoxy) is 3. The third kappa shape index (κ3) is 3.00. The average molecular weight is 365 g/mol. The number of hydrogen-bond donors (Lipinski definition) is 0. The van der Waals surface area contributed by atoms with E-state index in [2.05, 4.69) is 0 Å². The Hall–Kier alpha value is -2.64. The molecule has 1 heterocycles. The molecule has 1 aliphatic rings. The fraction of sp³-hybridized carbons (Fsp3) is 0.556. The van der Waals surface area contributed by atoms with E-state index in [1.165, 1.54) is 18.8 Å². The topological polar surface area (TPSA) is 101 Å². The van der Waals surface area contributed by atoms with Crippen molar-refractivity contribution in [2.24, 2.45) is 5.41 Å². The summed E-state index contributed by atoms with van der Waals surface area (Å²) in [5.74, 6) is -1.94. The van der Waals surface area contributed by atoms with Crippen LogP contribution in [0.1, 0.15) is 29.3 Å². The van der Waals surface area contributed by atoms with E-state index in [0.717, 1.165) is 0 Å². The van der Waals surface area contributed by atoms with Gasteiger partial charge in [-0.1, -0.05) is 0 Å². The molecule has 0 N–H and O–H groups in total. The van der Waals surface area contributed by atoms with E-state index < -0.39 is 23.3 Å². The molecule has 0 aromatic carbocycles. The molecule has 1 aliphatic carbocycles. The number of pyridine rings is 1. The molecule has 0 radical (unpaired) electrons. The Bertz CT molecular complexity index is 806. The maximum Gasteiger partial charge on any atom is 0.326 e. The summed E-state index contributed by atoms with van der Waals surface area (Å²) >= 11 is 0. The van der Waals surface area contributed by atoms with Gasteiger partial charge in [0.15, 0.2) is 5.41 Å². The summed E-state index contributed by atoms with van der Waals surface area (Å²) in [5.41, 5.74) is 0.366. The Morgan fingerprint density at radius 3 is 2.08 bits per heavy atom. The van der Waals surface area contributed by atoms with Crippen LogP contribution in [0.25, 0.3) is 0 Å². The molecular formula is C18H23NO7. The highest BCUT2D eigenvalue weighted by atomic mass is 16.5. The maximum atomic E-state index is 12.7. The largest absolute Gasteiger partial charge is 0.468 e. The van der Waals surface area contributed by atoms with Gasteiger partial charge in [0, 0.05) is 24.1 Å². The van der Waals surface area contributed by atoms with Gasteiger partial charge in [-0.05, 0) is 31.9 Å². The number of carbonyl (C=O) groups is 3. The summed E-state index contributed by atoms with van der Waals surface area (Å²) in [5, 5.41) is 0. The number of aromatic nitrogens is 1. The first-order valence-electron chi connectivity index (χ1n) is 8.27. The van der Waals surface area contributed by atoms with E-state index in [4.69, 9.17) is 14.2 Å². The number of esters is 3. The number of methoxy groups -OCH3 is 2. The van der Waals surface area contributed by atoms with Crippen LogP contribution in [0.4, 0.5) is 0 Å². The van der Waals surface area contributed by atoms with E-state index in [9.17, 15) is 19.2 Å². The third-order valence-corrected chi connectivity index (χ3v) is 4.93. The Morgan fingerprint density at radius 1 is 1.04 bits per heavy atom. The molecule has 0 atom stereocenters. The molecule has 0 bridgehead atoms. The zero-order chi connectivity index (χ0) is 19.6. The lowest BCUT2D eigenvalue weighted by Gasteiger charge is -2.22. The molecule has 1 aromatic rings. The van der Waals surface area contributed by atoms with Crippen molar-refractivity contribution in [1.29, 1.82) is 0 Å². The second-order valence-electron chi connectivity index (χ2n) is 6.28. The molecule has 1 aromatic heterocycles. The van der Waals surface area contributed by atoms with Gasteiger partial charge in [0.1, 0.15) is 6.54 Å². The summed E-state index contributed by atoms with van der Waals surface area (Å²) in [4.78, 5) is 49.3. The normalized spacial score (nSPS) is 14.5. The molecule has 0 aliphatic heterocycles. The molecule has 8 nitrogen and oxygen atoms in total. The first kappa shape index (κ1) is 19.7. The zero-order valence-electron chi connectivity index (χ0n) is 15.6. The Kier molecular flexibility index (Phi) is 5.53. The summed E-state index contributed by atoms with van der Waals surface area (Å²) in [6.07, 6.45) is 0.0846. The fourth-order valence-electron chi connectivity index (χ4n) is 3.52. The van der Waals surface area contributed by atoms with Gasteiger partial charge >= 0.3 is 17.9 Å². The minimum atomic E-state index is -1.52. The molecule has 8 heteroatoms. The molecule has 2 rings (SSSR count). The van der Waals surface area contributed by atoms with E-state index in [1.807, 2.05) is 0 Å². The van der Waals surface area contributed by atoms with Crippen LogP contribution < -0.4 is 5.56 Å². The van der Waals surface area contributed by atoms with Crippen molar-refractivity contribution in [2.75, 3.05) is 20.8 Å². The number of rotatable bonds is 5. The van der Waals surface area contributed by atoms with Crippen LogP contribution in [0.2, 0.25) is 0 Å². The van der Waals surface area contributed by atoms with Gasteiger partial charge in [-0.2, -0.15) is 0 Å². The maximum absolute atomic E-state index is 12.7. The van der Waals surface area contributed by atoms with Crippen LogP contribution in [0.3, 0.4) is 0 Å². The minimum Gasteiger partial charge on any atom is -0.468 e. The molecule has 142 valence electrons. The van der Waals surface area contributed by atoms with Gasteiger partial charge in [0.2, 0.25) is 0 Å². The lowest BCUT2D eigenvalue weighted by Crippen LogP contribution is -2.42. The summed E-state index contributed by atoms with van der Waals surface area (Å²) in [7, 11) is 2.41. The van der Waals surface area contributed by atoms with Gasteiger partial charge in [0.05, 0.1) is 20.8 Å². The fourth-order valence-corrected chi connectivity index (χ4v) is 3.52. The predicted octanol–water partition coefficient (Wildman–Crippen LogP) is 0.459. The van der Waals surface area contributed by atoms with Crippen LogP contribution in [-0.4, -0.2) is 43.3 Å². The van der Waals surface area contributed by atoms with Gasteiger partial charge in [-0.3, -0.25) is 19.2 Å². The van der Waals surface area contributed by atoms with Gasteiger partial charge in [-0.25, -0.2) is 0 Å². The standard InChI is InChI=1S/C18H23NO7/c1-6-26-14(20)9-19-11(3)13-8-18(16(22)24-4,17(23)25-5)7-12(13)10(2)15(19)21/h6-9H2,1-5H3. The number of carbonyl (C=O) groups excluding carboxylic acids is 3. The third-order valence-electron chi connectivity index (χ3n) is 4.93. The van der Waals surface area contributed by atoms with Crippen molar-refractivity contribution in [2.45, 2.75) is 40.2 Å². The summed E-state index contributed by atoms with van der Waals surface area (Å²) in [6, 6.07) is 0. The van der Waals surface area contributed by atoms with Gasteiger partial charge in [0.25, 0.3) is 5.56 Å². The quantitative estimate of drug-likeness (QED) is 0.424. The van der Waals surface area contributed by atoms with E-state index >= 15 is 0 Å². The average Bonchev–Trinajstić information content (AvgIpc) is 3.04. The molecule has 0 unspecified atom stereocenters. The highest BCUT2D eigenvalue weighted by Gasteiger charge is 2.53. The second-order valence-corrected chi connectivity index (χ2v) is 6.28. The molecule has 0 fully saturated rings. The van der Waals surface area contributed by atoms with Gasteiger partial charge in [-0.15, -0.1) is 0 Å². The monoisotopic (exact) mass is 365 g/mol. The Morgan fingerprint density at radius 2 is 1.58 bits per heavy atom. The highest BCUT2D eigenvalue weighted by molar-refractivity contribution is 6.01. The SMILES string of the molecule is CCOC(=O)Cn1c(C)c2c(c(C)c1=O)CC(C(=O)OC)(C(=O)OC)C2. The lowest BCUT2D eigenvalue weighted by molar-refractivity contribution is -0.168. The first-order valence-corrected chi connectivity index (χ1v) is 8.27. The predicted molar refractivity (Wildman–Crippen MR) is 90.7 cm³/mol. The summed E-state index contributed by atoms with van der Waals surface area (Å²) in [6.45, 7) is 4.97. The van der Waals surface area contributed by atoms with Crippen LogP contribution in [0.15, 0.2) is 4.79 Å². The van der Waals surface area contributed by atoms with E-state index in [0.29, 0.717) is 22.4 Å². The molecular weight excluding hydrogens is 342 g/mol. The van der Waals surface area contributed by atoms with E-state index in [1.54, 1.807) is 20.8 Å². The highest BCUT2D eigenvalue weighted by Crippen LogP contribution is 2.41. The minimum absolute atomic E-state index is 0.0316. The van der Waals surface area contributed by atoms with Crippen LogP contribution >= 0.6 is 0 Å². The second kappa shape index (κ2) is 7.31. The zero-order valence-corrected chi connectivity index (χ0v) is 15.6.